The topological polar surface area (TPSA) is 67.5 Å². The third kappa shape index (κ3) is 3.61. The highest BCUT2D eigenvalue weighted by atomic mass is 16.3. The van der Waals surface area contributed by atoms with Crippen molar-refractivity contribution in [2.45, 2.75) is 64.1 Å². The fourth-order valence-corrected chi connectivity index (χ4v) is 5.25. The Morgan fingerprint density at radius 1 is 1.16 bits per heavy atom. The number of hydrogen-bond donors (Lipinski definition) is 1. The lowest BCUT2D eigenvalue weighted by Crippen LogP contribution is -2.65. The van der Waals surface area contributed by atoms with Gasteiger partial charge < -0.3 is 19.2 Å². The first kappa shape index (κ1) is 20.9. The minimum atomic E-state index is -0.967. The summed E-state index contributed by atoms with van der Waals surface area (Å²) in [4.78, 5) is 29.1. The molecule has 2 amide bonds. The van der Waals surface area contributed by atoms with Gasteiger partial charge in [-0.2, -0.15) is 0 Å². The molecule has 6 heteroatoms. The van der Waals surface area contributed by atoms with Gasteiger partial charge in [0.05, 0.1) is 18.3 Å². The van der Waals surface area contributed by atoms with Crippen LogP contribution in [-0.2, 0) is 17.8 Å². The summed E-state index contributed by atoms with van der Waals surface area (Å²) in [5.74, 6) is 0.539. The van der Waals surface area contributed by atoms with Crippen LogP contribution in [0.15, 0.2) is 53.1 Å². The lowest BCUT2D eigenvalue weighted by molar-refractivity contribution is -0.133. The van der Waals surface area contributed by atoms with Crippen LogP contribution in [0.4, 0.5) is 0 Å². The summed E-state index contributed by atoms with van der Waals surface area (Å²) in [6, 6.07) is 14.0. The first-order valence-electron chi connectivity index (χ1n) is 11.7. The summed E-state index contributed by atoms with van der Waals surface area (Å²) in [7, 11) is 0. The molecule has 168 valence electrons. The molecule has 0 unspecified atom stereocenters. The Kier molecular flexibility index (Phi) is 5.31. The maximum Gasteiger partial charge on any atom is 0.271 e. The van der Waals surface area contributed by atoms with Crippen LogP contribution in [0, 0.1) is 5.92 Å². The molecule has 0 radical (unpaired) electrons. The minimum absolute atomic E-state index is 0.0607. The molecule has 5 rings (SSSR count). The molecule has 1 atom stereocenters. The van der Waals surface area contributed by atoms with Gasteiger partial charge in [0.15, 0.2) is 5.58 Å². The van der Waals surface area contributed by atoms with Crippen LogP contribution in [0.25, 0.3) is 11.1 Å². The number of carbonyl (C=O) groups is 2. The molecule has 1 aromatic carbocycles. The molecule has 3 aromatic rings. The number of nitrogens with zero attached hydrogens (tertiary/aromatic N) is 2. The average Bonchev–Trinajstić information content (AvgIpc) is 3.38. The first-order chi connectivity index (χ1) is 15.5. The minimum Gasteiger partial charge on any atom is -0.463 e. The molecule has 1 aliphatic heterocycles. The second-order valence-corrected chi connectivity index (χ2v) is 9.68. The molecular weight excluding hydrogens is 402 g/mol. The summed E-state index contributed by atoms with van der Waals surface area (Å²) in [6.45, 7) is 5.08. The molecular formula is C26H31N3O3. The fourth-order valence-electron chi connectivity index (χ4n) is 5.25. The van der Waals surface area contributed by atoms with E-state index in [0.29, 0.717) is 36.7 Å². The normalized spacial score (nSPS) is 25.7. The Balaban J connectivity index is 1.45. The van der Waals surface area contributed by atoms with Crippen molar-refractivity contribution in [2.24, 2.45) is 5.92 Å². The van der Waals surface area contributed by atoms with Crippen LogP contribution in [0.3, 0.4) is 0 Å². The Morgan fingerprint density at radius 2 is 1.91 bits per heavy atom. The molecule has 1 N–H and O–H groups in total. The molecule has 32 heavy (non-hydrogen) atoms. The van der Waals surface area contributed by atoms with Crippen LogP contribution in [0.2, 0.25) is 0 Å². The highest BCUT2D eigenvalue weighted by Crippen LogP contribution is 2.33. The molecule has 2 aliphatic rings. The van der Waals surface area contributed by atoms with Crippen molar-refractivity contribution in [1.29, 1.82) is 0 Å². The smallest absolute Gasteiger partial charge is 0.271 e. The number of benzene rings is 1. The quantitative estimate of drug-likeness (QED) is 0.649. The second kappa shape index (κ2) is 8.15. The number of amides is 2. The van der Waals surface area contributed by atoms with E-state index in [9.17, 15) is 9.59 Å². The van der Waals surface area contributed by atoms with Crippen LogP contribution >= 0.6 is 0 Å². The molecule has 6 nitrogen and oxygen atoms in total. The summed E-state index contributed by atoms with van der Waals surface area (Å²) < 4.78 is 7.50. The molecule has 0 spiro atoms. The van der Waals surface area contributed by atoms with E-state index in [1.165, 1.54) is 0 Å². The Hall–Kier alpha value is -3.02. The van der Waals surface area contributed by atoms with Crippen molar-refractivity contribution < 1.29 is 14.0 Å². The number of nitrogens with one attached hydrogen (secondary N) is 1. The van der Waals surface area contributed by atoms with Crippen LogP contribution < -0.4 is 5.32 Å². The zero-order valence-corrected chi connectivity index (χ0v) is 18.8. The van der Waals surface area contributed by atoms with Gasteiger partial charge in [-0.3, -0.25) is 9.59 Å². The number of aromatic nitrogens is 1. The van der Waals surface area contributed by atoms with Gasteiger partial charge in [-0.25, -0.2) is 0 Å². The predicted molar refractivity (Wildman–Crippen MR) is 123 cm³/mol. The van der Waals surface area contributed by atoms with Crippen LogP contribution in [-0.4, -0.2) is 39.4 Å². The van der Waals surface area contributed by atoms with Crippen molar-refractivity contribution in [3.05, 3.63) is 60.0 Å². The van der Waals surface area contributed by atoms with Gasteiger partial charge in [-0.1, -0.05) is 37.3 Å². The van der Waals surface area contributed by atoms with Gasteiger partial charge in [0.2, 0.25) is 5.91 Å². The Morgan fingerprint density at radius 3 is 2.66 bits per heavy atom. The highest BCUT2D eigenvalue weighted by Gasteiger charge is 2.48. The zero-order valence-electron chi connectivity index (χ0n) is 18.8. The van der Waals surface area contributed by atoms with Crippen molar-refractivity contribution >= 4 is 22.9 Å². The largest absolute Gasteiger partial charge is 0.463 e. The van der Waals surface area contributed by atoms with Gasteiger partial charge in [-0.15, -0.1) is 0 Å². The average molecular weight is 434 g/mol. The first-order valence-corrected chi connectivity index (χ1v) is 11.7. The SMILES string of the molecule is CC1CCC(NC(=O)[C@@]2(C)Cn3c(cc4occc43)C(=O)N2CCc2ccccc2)CC1. The fraction of sp³-hybridized carbons (Fsp3) is 0.462. The van der Waals surface area contributed by atoms with E-state index < -0.39 is 5.54 Å². The monoisotopic (exact) mass is 433 g/mol. The molecule has 2 aromatic heterocycles. The third-order valence-corrected chi connectivity index (χ3v) is 7.36. The summed E-state index contributed by atoms with van der Waals surface area (Å²) >= 11 is 0. The van der Waals surface area contributed by atoms with Gasteiger partial charge in [-0.05, 0) is 50.5 Å². The van der Waals surface area contributed by atoms with Crippen molar-refractivity contribution in [3.63, 3.8) is 0 Å². The molecule has 0 bridgehead atoms. The van der Waals surface area contributed by atoms with Crippen molar-refractivity contribution in [2.75, 3.05) is 6.54 Å². The van der Waals surface area contributed by atoms with E-state index in [1.54, 1.807) is 17.2 Å². The summed E-state index contributed by atoms with van der Waals surface area (Å²) in [6.07, 6.45) is 6.60. The maximum atomic E-state index is 13.7. The number of carbonyl (C=O) groups excluding carboxylic acids is 2. The molecule has 1 aliphatic carbocycles. The van der Waals surface area contributed by atoms with Crippen molar-refractivity contribution in [1.82, 2.24) is 14.8 Å². The Bertz CT molecular complexity index is 1120. The number of fused-ring (bicyclic) bond motifs is 3. The van der Waals surface area contributed by atoms with E-state index in [1.807, 2.05) is 35.8 Å². The summed E-state index contributed by atoms with van der Waals surface area (Å²) in [5, 5.41) is 3.29. The van der Waals surface area contributed by atoms with Crippen LogP contribution in [0.1, 0.15) is 55.6 Å². The van der Waals surface area contributed by atoms with Gasteiger partial charge >= 0.3 is 0 Å². The van der Waals surface area contributed by atoms with E-state index in [0.717, 1.165) is 36.8 Å². The number of furan rings is 1. The zero-order chi connectivity index (χ0) is 22.3. The number of hydrogen-bond acceptors (Lipinski definition) is 3. The van der Waals surface area contributed by atoms with E-state index in [4.69, 9.17) is 4.42 Å². The van der Waals surface area contributed by atoms with Crippen LogP contribution in [0.5, 0.6) is 0 Å². The van der Waals surface area contributed by atoms with Gasteiger partial charge in [0.1, 0.15) is 11.2 Å². The van der Waals surface area contributed by atoms with Crippen molar-refractivity contribution in [3.8, 4) is 0 Å². The maximum absolute atomic E-state index is 13.7. The van der Waals surface area contributed by atoms with Gasteiger partial charge in [0.25, 0.3) is 5.91 Å². The molecule has 3 heterocycles. The lowest BCUT2D eigenvalue weighted by atomic mass is 9.86. The highest BCUT2D eigenvalue weighted by molar-refractivity contribution is 6.02. The van der Waals surface area contributed by atoms with E-state index >= 15 is 0 Å². The third-order valence-electron chi connectivity index (χ3n) is 7.36. The standard InChI is InChI=1S/C26H31N3O3/c1-18-8-10-20(11-9-18)27-25(31)26(2)17-28-21-13-15-32-23(21)16-22(28)24(30)29(26)14-12-19-6-4-3-5-7-19/h3-7,13,15-16,18,20H,8-12,14,17H2,1-2H3,(H,27,31)/t18?,20?,26-/m1/s1. The molecule has 1 fully saturated rings. The molecule has 1 saturated carbocycles. The second-order valence-electron chi connectivity index (χ2n) is 9.68. The van der Waals surface area contributed by atoms with E-state index in [-0.39, 0.29) is 17.9 Å². The van der Waals surface area contributed by atoms with E-state index in [2.05, 4.69) is 24.4 Å². The Labute approximate surface area is 188 Å². The summed E-state index contributed by atoms with van der Waals surface area (Å²) in [5.41, 5.74) is 2.32. The number of rotatable bonds is 5. The lowest BCUT2D eigenvalue weighted by Gasteiger charge is -2.45. The van der Waals surface area contributed by atoms with Gasteiger partial charge in [0, 0.05) is 24.7 Å². The molecule has 0 saturated heterocycles. The predicted octanol–water partition coefficient (Wildman–Crippen LogP) is 4.39.